The van der Waals surface area contributed by atoms with Crippen LogP contribution in [0.4, 0.5) is 5.69 Å². The summed E-state index contributed by atoms with van der Waals surface area (Å²) < 4.78 is 1.59. The standard InChI is InChI=1S/C25H17NS2.C2H6/c27-26(28)16-13-14-20-19-9-3-6-12-23(19)25(24(20)15-16)21-10-4-1-7-17(21)18-8-2-5-11-22(18)25;1-2/h1-15,27-28H;1-2H3. The minimum absolute atomic E-state index is 0.299. The van der Waals surface area contributed by atoms with Gasteiger partial charge in [0.05, 0.1) is 11.1 Å². The smallest absolute Gasteiger partial charge is 0.0726 e. The van der Waals surface area contributed by atoms with E-state index in [0.717, 1.165) is 5.69 Å². The van der Waals surface area contributed by atoms with Crippen molar-refractivity contribution in [3.05, 3.63) is 113 Å². The van der Waals surface area contributed by atoms with E-state index in [9.17, 15) is 0 Å². The van der Waals surface area contributed by atoms with Crippen LogP contribution in [0, 0.1) is 0 Å². The fraction of sp³-hybridized carbons (Fsp3) is 0.111. The molecule has 0 N–H and O–H groups in total. The van der Waals surface area contributed by atoms with E-state index in [-0.39, 0.29) is 5.41 Å². The van der Waals surface area contributed by atoms with E-state index in [1.807, 2.05) is 13.8 Å². The Morgan fingerprint density at radius 3 is 1.37 bits per heavy atom. The predicted octanol–water partition coefficient (Wildman–Crippen LogP) is 7.55. The van der Waals surface area contributed by atoms with E-state index in [1.165, 1.54) is 44.5 Å². The summed E-state index contributed by atoms with van der Waals surface area (Å²) in [7, 11) is 0. The van der Waals surface area contributed by atoms with Gasteiger partial charge in [0.25, 0.3) is 0 Å². The van der Waals surface area contributed by atoms with E-state index >= 15 is 0 Å². The van der Waals surface area contributed by atoms with Gasteiger partial charge in [0.1, 0.15) is 0 Å². The Kier molecular flexibility index (Phi) is 4.68. The van der Waals surface area contributed by atoms with Gasteiger partial charge in [-0.3, -0.25) is 3.71 Å². The maximum Gasteiger partial charge on any atom is 0.0726 e. The summed E-state index contributed by atoms with van der Waals surface area (Å²) in [6, 6.07) is 33.0. The molecule has 0 aromatic heterocycles. The topological polar surface area (TPSA) is 3.24 Å². The number of benzene rings is 4. The SMILES string of the molecule is CC.SN(S)c1ccc2c(c1)C1(c3ccccc3-c3ccccc31)c1ccccc1-2. The number of hydrogen-bond donors (Lipinski definition) is 2. The summed E-state index contributed by atoms with van der Waals surface area (Å²) in [6.45, 7) is 4.00. The quantitative estimate of drug-likeness (QED) is 0.257. The van der Waals surface area contributed by atoms with Crippen molar-refractivity contribution in [3.63, 3.8) is 0 Å². The Bertz CT molecular complexity index is 1200. The van der Waals surface area contributed by atoms with Crippen molar-refractivity contribution in [2.24, 2.45) is 0 Å². The molecule has 0 unspecified atom stereocenters. The molecule has 0 heterocycles. The Morgan fingerprint density at radius 1 is 0.533 bits per heavy atom. The van der Waals surface area contributed by atoms with E-state index in [1.54, 1.807) is 3.71 Å². The van der Waals surface area contributed by atoms with Gasteiger partial charge < -0.3 is 0 Å². The zero-order valence-electron chi connectivity index (χ0n) is 17.0. The van der Waals surface area contributed by atoms with Crippen LogP contribution in [0.1, 0.15) is 36.1 Å². The van der Waals surface area contributed by atoms with Gasteiger partial charge in [-0.15, -0.1) is 0 Å². The van der Waals surface area contributed by atoms with Gasteiger partial charge >= 0.3 is 0 Å². The number of hydrogen-bond acceptors (Lipinski definition) is 3. The Labute approximate surface area is 189 Å². The van der Waals surface area contributed by atoms with Crippen LogP contribution in [0.2, 0.25) is 0 Å². The summed E-state index contributed by atoms with van der Waals surface area (Å²) in [5.41, 5.74) is 11.3. The molecular formula is C27H23NS2. The molecule has 2 aliphatic carbocycles. The molecule has 0 fully saturated rings. The maximum atomic E-state index is 4.43. The summed E-state index contributed by atoms with van der Waals surface area (Å²) >= 11 is 8.86. The van der Waals surface area contributed by atoms with E-state index in [0.29, 0.717) is 0 Å². The molecule has 0 atom stereocenters. The number of nitrogens with zero attached hydrogens (tertiary/aromatic N) is 1. The number of rotatable bonds is 1. The number of thiol groups is 2. The predicted molar refractivity (Wildman–Crippen MR) is 135 cm³/mol. The van der Waals surface area contributed by atoms with Crippen LogP contribution < -0.4 is 3.71 Å². The number of anilines is 1. The molecule has 0 aliphatic heterocycles. The van der Waals surface area contributed by atoms with Gasteiger partial charge in [-0.2, -0.15) is 0 Å². The monoisotopic (exact) mass is 425 g/mol. The molecule has 3 heteroatoms. The van der Waals surface area contributed by atoms with Crippen molar-refractivity contribution in [1.29, 1.82) is 0 Å². The highest BCUT2D eigenvalue weighted by Crippen LogP contribution is 2.62. The van der Waals surface area contributed by atoms with Crippen LogP contribution >= 0.6 is 25.6 Å². The van der Waals surface area contributed by atoms with E-state index < -0.39 is 0 Å². The van der Waals surface area contributed by atoms with Crippen molar-refractivity contribution < 1.29 is 0 Å². The van der Waals surface area contributed by atoms with Crippen LogP contribution in [0.5, 0.6) is 0 Å². The molecule has 30 heavy (non-hydrogen) atoms. The van der Waals surface area contributed by atoms with Gasteiger partial charge in [-0.1, -0.05) is 118 Å². The lowest BCUT2D eigenvalue weighted by Crippen LogP contribution is -2.25. The molecule has 2 aliphatic rings. The van der Waals surface area contributed by atoms with Crippen LogP contribution in [-0.2, 0) is 5.41 Å². The molecule has 1 spiro atoms. The zero-order chi connectivity index (χ0) is 20.9. The lowest BCUT2D eigenvalue weighted by atomic mass is 9.70. The third-order valence-corrected chi connectivity index (χ3v) is 6.67. The first-order valence-corrected chi connectivity index (χ1v) is 11.1. The second-order valence-electron chi connectivity index (χ2n) is 7.41. The molecule has 4 aromatic rings. The van der Waals surface area contributed by atoms with Gasteiger partial charge in [-0.25, -0.2) is 0 Å². The first-order valence-electron chi connectivity index (χ1n) is 10.3. The van der Waals surface area contributed by atoms with Gasteiger partial charge in [0.2, 0.25) is 0 Å². The highest BCUT2D eigenvalue weighted by molar-refractivity contribution is 8.00. The molecule has 0 radical (unpaired) electrons. The third kappa shape index (κ3) is 2.39. The van der Waals surface area contributed by atoms with Crippen molar-refractivity contribution >= 4 is 31.3 Å². The number of fused-ring (bicyclic) bond motifs is 10. The minimum Gasteiger partial charge on any atom is -0.265 e. The second-order valence-corrected chi connectivity index (χ2v) is 8.52. The van der Waals surface area contributed by atoms with Gasteiger partial charge in [0.15, 0.2) is 0 Å². The first-order chi connectivity index (χ1) is 14.7. The van der Waals surface area contributed by atoms with Crippen LogP contribution in [0.3, 0.4) is 0 Å². The van der Waals surface area contributed by atoms with E-state index in [2.05, 4.69) is 117 Å². The summed E-state index contributed by atoms with van der Waals surface area (Å²) in [5, 5.41) is 0. The van der Waals surface area contributed by atoms with E-state index in [4.69, 9.17) is 0 Å². The molecule has 148 valence electrons. The van der Waals surface area contributed by atoms with Crippen LogP contribution in [0.25, 0.3) is 22.3 Å². The third-order valence-electron chi connectivity index (χ3n) is 6.21. The Morgan fingerprint density at radius 2 is 0.933 bits per heavy atom. The summed E-state index contributed by atoms with van der Waals surface area (Å²) in [5.74, 6) is 0. The Hall–Kier alpha value is -2.62. The highest BCUT2D eigenvalue weighted by atomic mass is 32.2. The molecule has 0 amide bonds. The molecule has 0 saturated heterocycles. The average Bonchev–Trinajstić information content (AvgIpc) is 3.27. The van der Waals surface area contributed by atoms with Crippen LogP contribution in [0.15, 0.2) is 91.0 Å². The lowest BCUT2D eigenvalue weighted by Gasteiger charge is -2.30. The van der Waals surface area contributed by atoms with Crippen molar-refractivity contribution in [2.75, 3.05) is 3.71 Å². The van der Waals surface area contributed by atoms with Crippen molar-refractivity contribution in [2.45, 2.75) is 19.3 Å². The normalized spacial score (nSPS) is 13.6. The van der Waals surface area contributed by atoms with Gasteiger partial charge in [-0.05, 0) is 56.6 Å². The zero-order valence-corrected chi connectivity index (χ0v) is 18.8. The largest absolute Gasteiger partial charge is 0.265 e. The Balaban J connectivity index is 0.000000937. The molecule has 4 aromatic carbocycles. The molecule has 6 rings (SSSR count). The minimum atomic E-state index is -0.299. The summed E-state index contributed by atoms with van der Waals surface area (Å²) in [6.07, 6.45) is 0. The van der Waals surface area contributed by atoms with Crippen LogP contribution in [-0.4, -0.2) is 0 Å². The molecule has 0 saturated carbocycles. The second kappa shape index (κ2) is 7.26. The molecule has 0 bridgehead atoms. The lowest BCUT2D eigenvalue weighted by molar-refractivity contribution is 0.794. The molecule has 1 nitrogen and oxygen atoms in total. The highest BCUT2D eigenvalue weighted by Gasteiger charge is 2.51. The summed E-state index contributed by atoms with van der Waals surface area (Å²) in [4.78, 5) is 0. The average molecular weight is 426 g/mol. The van der Waals surface area contributed by atoms with Gasteiger partial charge in [0, 0.05) is 0 Å². The first kappa shape index (κ1) is 19.3. The maximum absolute atomic E-state index is 4.43. The fourth-order valence-corrected chi connectivity index (χ4v) is 5.46. The molecular weight excluding hydrogens is 402 g/mol. The van der Waals surface area contributed by atoms with Crippen molar-refractivity contribution in [3.8, 4) is 22.3 Å². The van der Waals surface area contributed by atoms with Crippen molar-refractivity contribution in [1.82, 2.24) is 0 Å². The fourth-order valence-electron chi connectivity index (χ4n) is 5.21.